The number of benzene rings is 1. The maximum Gasteiger partial charge on any atom is 0.339 e. The molecule has 1 aromatic carbocycles. The Balaban J connectivity index is 2.19. The molecule has 0 spiro atoms. The lowest BCUT2D eigenvalue weighted by Crippen LogP contribution is -2.26. The van der Waals surface area contributed by atoms with Crippen LogP contribution in [0.25, 0.3) is 0 Å². The summed E-state index contributed by atoms with van der Waals surface area (Å²) in [5.41, 5.74) is 3.29. The van der Waals surface area contributed by atoms with Crippen LogP contribution in [0.3, 0.4) is 0 Å². The topological polar surface area (TPSA) is 79.5 Å². The van der Waals surface area contributed by atoms with Crippen molar-refractivity contribution in [2.24, 2.45) is 0 Å². The zero-order valence-electron chi connectivity index (χ0n) is 13.8. The highest BCUT2D eigenvalue weighted by molar-refractivity contribution is 5.96. The van der Waals surface area contributed by atoms with Gasteiger partial charge in [0.15, 0.2) is 5.76 Å². The fraction of sp³-hybridized carbons (Fsp3) is 0.333. The zero-order chi connectivity index (χ0) is 17.1. The first kappa shape index (κ1) is 16.8. The molecule has 1 heterocycles. The van der Waals surface area contributed by atoms with Gasteiger partial charge in [-0.1, -0.05) is 36.2 Å². The predicted molar refractivity (Wildman–Crippen MR) is 86.8 cm³/mol. The number of carboxylic acids is 1. The second-order valence-electron chi connectivity index (χ2n) is 5.72. The Morgan fingerprint density at radius 1 is 1.17 bits per heavy atom. The van der Waals surface area contributed by atoms with Gasteiger partial charge in [-0.3, -0.25) is 4.79 Å². The number of amides is 1. The van der Waals surface area contributed by atoms with Crippen LogP contribution in [0.2, 0.25) is 0 Å². The van der Waals surface area contributed by atoms with Crippen LogP contribution < -0.4 is 5.32 Å². The van der Waals surface area contributed by atoms with Gasteiger partial charge in [-0.15, -0.1) is 0 Å². The normalized spacial score (nSPS) is 12.0. The predicted octanol–water partition coefficient (Wildman–Crippen LogP) is 3.65. The van der Waals surface area contributed by atoms with Crippen molar-refractivity contribution in [3.05, 3.63) is 58.0 Å². The first-order valence-electron chi connectivity index (χ1n) is 7.56. The average molecular weight is 315 g/mol. The molecule has 122 valence electrons. The lowest BCUT2D eigenvalue weighted by Gasteiger charge is -2.15. The Morgan fingerprint density at radius 2 is 1.78 bits per heavy atom. The van der Waals surface area contributed by atoms with E-state index in [4.69, 9.17) is 9.52 Å². The number of carbonyl (C=O) groups excluding carboxylic acids is 1. The summed E-state index contributed by atoms with van der Waals surface area (Å²) in [6.45, 7) is 7.67. The maximum absolute atomic E-state index is 12.3. The van der Waals surface area contributed by atoms with Gasteiger partial charge in [0.2, 0.25) is 0 Å². The minimum Gasteiger partial charge on any atom is -0.478 e. The molecule has 1 atom stereocenters. The molecule has 2 rings (SSSR count). The summed E-state index contributed by atoms with van der Waals surface area (Å²) < 4.78 is 5.38. The third-order valence-electron chi connectivity index (χ3n) is 3.68. The second-order valence-corrected chi connectivity index (χ2v) is 5.72. The zero-order valence-corrected chi connectivity index (χ0v) is 13.8. The van der Waals surface area contributed by atoms with E-state index in [1.165, 1.54) is 6.07 Å². The van der Waals surface area contributed by atoms with Crippen LogP contribution in [-0.2, 0) is 6.42 Å². The first-order valence-corrected chi connectivity index (χ1v) is 7.56. The largest absolute Gasteiger partial charge is 0.478 e. The summed E-state index contributed by atoms with van der Waals surface area (Å²) in [4.78, 5) is 23.4. The number of hydrogen-bond acceptors (Lipinski definition) is 3. The van der Waals surface area contributed by atoms with E-state index in [0.717, 1.165) is 16.7 Å². The summed E-state index contributed by atoms with van der Waals surface area (Å²) in [6, 6.07) is 7.17. The van der Waals surface area contributed by atoms with Crippen molar-refractivity contribution in [3.63, 3.8) is 0 Å². The summed E-state index contributed by atoms with van der Waals surface area (Å²) in [5, 5.41) is 12.0. The highest BCUT2D eigenvalue weighted by atomic mass is 16.4. The van der Waals surface area contributed by atoms with Crippen molar-refractivity contribution in [2.45, 2.75) is 40.2 Å². The number of carbonyl (C=O) groups is 2. The van der Waals surface area contributed by atoms with Crippen LogP contribution in [0, 0.1) is 13.8 Å². The quantitative estimate of drug-likeness (QED) is 0.882. The lowest BCUT2D eigenvalue weighted by molar-refractivity contribution is 0.0694. The SMILES string of the molecule is CCc1oc(C(=O)NC(C)c2cc(C)cc(C)c2)cc1C(=O)O. The molecule has 2 aromatic rings. The number of carboxylic acid groups (broad SMARTS) is 1. The maximum atomic E-state index is 12.3. The molecule has 0 aliphatic carbocycles. The van der Waals surface area contributed by atoms with Gasteiger partial charge in [0.25, 0.3) is 5.91 Å². The van der Waals surface area contributed by atoms with Gasteiger partial charge in [-0.25, -0.2) is 4.79 Å². The molecule has 0 fully saturated rings. The van der Waals surface area contributed by atoms with Crippen LogP contribution >= 0.6 is 0 Å². The Morgan fingerprint density at radius 3 is 2.26 bits per heavy atom. The standard InChI is InChI=1S/C18H21NO4/c1-5-15-14(18(21)22)9-16(23-15)17(20)19-12(4)13-7-10(2)6-11(3)8-13/h6-9,12H,5H2,1-4H3,(H,19,20)(H,21,22). The highest BCUT2D eigenvalue weighted by Crippen LogP contribution is 2.20. The van der Waals surface area contributed by atoms with Crippen LogP contribution in [-0.4, -0.2) is 17.0 Å². The third kappa shape index (κ3) is 3.80. The van der Waals surface area contributed by atoms with Gasteiger partial charge < -0.3 is 14.8 Å². The van der Waals surface area contributed by atoms with Gasteiger partial charge in [0.05, 0.1) is 6.04 Å². The Kier molecular flexibility index (Phi) is 4.89. The van der Waals surface area contributed by atoms with Crippen LogP contribution in [0.5, 0.6) is 0 Å². The number of aryl methyl sites for hydroxylation is 3. The molecule has 23 heavy (non-hydrogen) atoms. The first-order chi connectivity index (χ1) is 10.8. The summed E-state index contributed by atoms with van der Waals surface area (Å²) in [7, 11) is 0. The third-order valence-corrected chi connectivity index (χ3v) is 3.68. The van der Waals surface area contributed by atoms with E-state index in [1.807, 2.05) is 32.9 Å². The number of nitrogens with one attached hydrogen (secondary N) is 1. The minimum atomic E-state index is -1.09. The van der Waals surface area contributed by atoms with Crippen LogP contribution in [0.4, 0.5) is 0 Å². The average Bonchev–Trinajstić information content (AvgIpc) is 2.90. The van der Waals surface area contributed by atoms with E-state index >= 15 is 0 Å². The van der Waals surface area contributed by atoms with Gasteiger partial charge in [-0.2, -0.15) is 0 Å². The Bertz CT molecular complexity index is 725. The molecule has 0 saturated carbocycles. The fourth-order valence-corrected chi connectivity index (χ4v) is 2.60. The smallest absolute Gasteiger partial charge is 0.339 e. The van der Waals surface area contributed by atoms with Crippen LogP contribution in [0.1, 0.15) is 63.3 Å². The Hall–Kier alpha value is -2.56. The van der Waals surface area contributed by atoms with E-state index < -0.39 is 11.9 Å². The molecule has 0 radical (unpaired) electrons. The molecule has 0 aliphatic heterocycles. The van der Waals surface area contributed by atoms with Crippen molar-refractivity contribution in [1.29, 1.82) is 0 Å². The fourth-order valence-electron chi connectivity index (χ4n) is 2.60. The summed E-state index contributed by atoms with van der Waals surface area (Å²) >= 11 is 0. The van der Waals surface area contributed by atoms with Crippen molar-refractivity contribution in [1.82, 2.24) is 5.32 Å². The molecule has 1 unspecified atom stereocenters. The molecule has 0 bridgehead atoms. The van der Waals surface area contributed by atoms with Crippen molar-refractivity contribution in [3.8, 4) is 0 Å². The highest BCUT2D eigenvalue weighted by Gasteiger charge is 2.21. The molecular formula is C18H21NO4. The molecule has 0 aliphatic rings. The number of furan rings is 1. The van der Waals surface area contributed by atoms with Gasteiger partial charge >= 0.3 is 5.97 Å². The second kappa shape index (κ2) is 6.69. The van der Waals surface area contributed by atoms with Crippen molar-refractivity contribution < 1.29 is 19.1 Å². The van der Waals surface area contributed by atoms with E-state index in [1.54, 1.807) is 6.92 Å². The molecular weight excluding hydrogens is 294 g/mol. The van der Waals surface area contributed by atoms with Crippen molar-refractivity contribution in [2.75, 3.05) is 0 Å². The van der Waals surface area contributed by atoms with Gasteiger partial charge in [0.1, 0.15) is 11.3 Å². The van der Waals surface area contributed by atoms with E-state index in [-0.39, 0.29) is 17.4 Å². The van der Waals surface area contributed by atoms with Crippen molar-refractivity contribution >= 4 is 11.9 Å². The molecule has 1 aromatic heterocycles. The van der Waals surface area contributed by atoms with E-state index in [9.17, 15) is 9.59 Å². The van der Waals surface area contributed by atoms with E-state index in [0.29, 0.717) is 12.2 Å². The molecule has 0 saturated heterocycles. The number of rotatable bonds is 5. The molecule has 5 nitrogen and oxygen atoms in total. The van der Waals surface area contributed by atoms with Gasteiger partial charge in [-0.05, 0) is 26.3 Å². The van der Waals surface area contributed by atoms with E-state index in [2.05, 4.69) is 11.4 Å². The summed E-state index contributed by atoms with van der Waals surface area (Å²) in [5.74, 6) is -1.18. The van der Waals surface area contributed by atoms with Gasteiger partial charge in [0, 0.05) is 12.5 Å². The minimum absolute atomic E-state index is 0.0236. The number of aromatic carboxylic acids is 1. The monoisotopic (exact) mass is 315 g/mol. The molecule has 2 N–H and O–H groups in total. The summed E-state index contributed by atoms with van der Waals surface area (Å²) in [6.07, 6.45) is 0.418. The molecule has 5 heteroatoms. The number of hydrogen-bond donors (Lipinski definition) is 2. The lowest BCUT2D eigenvalue weighted by atomic mass is 10.0. The molecule has 1 amide bonds. The Labute approximate surface area is 135 Å². The van der Waals surface area contributed by atoms with Crippen LogP contribution in [0.15, 0.2) is 28.7 Å².